The Morgan fingerprint density at radius 3 is 2.80 bits per heavy atom. The Bertz CT molecular complexity index is 1050. The number of pyridine rings is 1. The van der Waals surface area contributed by atoms with Gasteiger partial charge in [-0.2, -0.15) is 0 Å². The molecule has 0 bridgehead atoms. The first-order valence-corrected chi connectivity index (χ1v) is 11.7. The van der Waals surface area contributed by atoms with Crippen molar-refractivity contribution in [1.82, 2.24) is 9.29 Å². The van der Waals surface area contributed by atoms with Crippen molar-refractivity contribution < 1.29 is 13.2 Å². The number of anilines is 1. The van der Waals surface area contributed by atoms with Gasteiger partial charge in [0.15, 0.2) is 0 Å². The molecule has 1 fully saturated rings. The molecule has 0 amide bonds. The second kappa shape index (κ2) is 9.91. The van der Waals surface area contributed by atoms with E-state index in [2.05, 4.69) is 29.0 Å². The summed E-state index contributed by atoms with van der Waals surface area (Å²) in [6, 6.07) is 6.42. The minimum atomic E-state index is -3.13. The quantitative estimate of drug-likeness (QED) is 0.505. The summed E-state index contributed by atoms with van der Waals surface area (Å²) in [6.45, 7) is 6.59. The molecule has 2 heterocycles. The number of rotatable bonds is 8. The Kier molecular flexibility index (Phi) is 7.29. The Morgan fingerprint density at radius 2 is 2.13 bits per heavy atom. The predicted octanol–water partition coefficient (Wildman–Crippen LogP) is 4.19. The van der Waals surface area contributed by atoms with Crippen LogP contribution in [-0.4, -0.2) is 49.7 Å². The van der Waals surface area contributed by atoms with Gasteiger partial charge >= 0.3 is 0 Å². The van der Waals surface area contributed by atoms with Crippen LogP contribution in [0.2, 0.25) is 0 Å². The molecule has 6 nitrogen and oxygen atoms in total. The molecule has 0 saturated carbocycles. The zero-order valence-electron chi connectivity index (χ0n) is 17.5. The Hall–Kier alpha value is -2.64. The molecule has 3 rings (SSSR count). The maximum absolute atomic E-state index is 12.1. The van der Waals surface area contributed by atoms with Crippen LogP contribution in [0.5, 0.6) is 0 Å². The molecular formula is C23H29N3O3S. The van der Waals surface area contributed by atoms with E-state index in [4.69, 9.17) is 4.74 Å². The van der Waals surface area contributed by atoms with Crippen LogP contribution in [-0.2, 0) is 14.8 Å². The van der Waals surface area contributed by atoms with Gasteiger partial charge in [0, 0.05) is 42.6 Å². The second-order valence-electron chi connectivity index (χ2n) is 7.23. The van der Waals surface area contributed by atoms with Crippen LogP contribution in [0.3, 0.4) is 0 Å². The van der Waals surface area contributed by atoms with Crippen molar-refractivity contribution >= 4 is 32.1 Å². The third-order valence-electron chi connectivity index (χ3n) is 5.34. The van der Waals surface area contributed by atoms with E-state index in [0.29, 0.717) is 13.1 Å². The van der Waals surface area contributed by atoms with Crippen LogP contribution >= 0.6 is 0 Å². The molecule has 2 aromatic rings. The van der Waals surface area contributed by atoms with Gasteiger partial charge in [-0.3, -0.25) is 4.98 Å². The smallest absolute Gasteiger partial charge is 0.213 e. The summed E-state index contributed by atoms with van der Waals surface area (Å²) in [5.74, 6) is 0.150. The lowest BCUT2D eigenvalue weighted by atomic mass is 9.99. The number of allylic oxidation sites excluding steroid dienone is 4. The van der Waals surface area contributed by atoms with Crippen LogP contribution in [0.25, 0.3) is 16.3 Å². The lowest BCUT2D eigenvalue weighted by Crippen LogP contribution is -2.42. The average molecular weight is 428 g/mol. The zero-order chi connectivity index (χ0) is 21.6. The number of aromatic nitrogens is 1. The summed E-state index contributed by atoms with van der Waals surface area (Å²) in [4.78, 5) is 4.29. The molecule has 0 unspecified atom stereocenters. The largest absolute Gasteiger partial charge is 0.504 e. The molecule has 1 saturated heterocycles. The highest BCUT2D eigenvalue weighted by Gasteiger charge is 2.26. The van der Waals surface area contributed by atoms with Crippen LogP contribution in [0, 0.1) is 0 Å². The van der Waals surface area contributed by atoms with E-state index in [1.165, 1.54) is 0 Å². The van der Waals surface area contributed by atoms with Crippen LogP contribution in [0.15, 0.2) is 61.7 Å². The van der Waals surface area contributed by atoms with Gasteiger partial charge in [-0.15, -0.1) is 0 Å². The highest BCUT2D eigenvalue weighted by molar-refractivity contribution is 7.89. The van der Waals surface area contributed by atoms with Gasteiger partial charge in [-0.25, -0.2) is 12.7 Å². The summed E-state index contributed by atoms with van der Waals surface area (Å²) < 4.78 is 30.9. The fourth-order valence-corrected chi connectivity index (χ4v) is 4.81. The van der Waals surface area contributed by atoms with E-state index in [0.717, 1.165) is 40.4 Å². The average Bonchev–Trinajstić information content (AvgIpc) is 2.77. The molecule has 7 heteroatoms. The maximum Gasteiger partial charge on any atom is 0.213 e. The van der Waals surface area contributed by atoms with Gasteiger partial charge in [0.25, 0.3) is 0 Å². The third-order valence-corrected chi connectivity index (χ3v) is 7.22. The molecular weight excluding hydrogens is 398 g/mol. The first-order chi connectivity index (χ1) is 14.5. The Balaban J connectivity index is 1.89. The van der Waals surface area contributed by atoms with Crippen molar-refractivity contribution in [3.05, 3.63) is 67.2 Å². The number of hydrogen-bond acceptors (Lipinski definition) is 5. The van der Waals surface area contributed by atoms with Crippen molar-refractivity contribution in [2.75, 3.05) is 31.3 Å². The normalized spacial score (nSPS) is 16.8. The van der Waals surface area contributed by atoms with Gasteiger partial charge < -0.3 is 10.1 Å². The SMILES string of the molecule is C=C/C=C(\C=C\OC)c1cc(NC2CCN(S(=O)(=O)CC)CC2)c2cnccc2c1. The Labute approximate surface area is 179 Å². The number of fused-ring (bicyclic) bond motifs is 1. The number of nitrogens with one attached hydrogen (secondary N) is 1. The number of methoxy groups -OCH3 is 1. The lowest BCUT2D eigenvalue weighted by molar-refractivity contribution is 0.330. The van der Waals surface area contributed by atoms with Crippen LogP contribution < -0.4 is 5.32 Å². The van der Waals surface area contributed by atoms with Gasteiger partial charge in [0.05, 0.1) is 19.1 Å². The molecule has 0 radical (unpaired) electrons. The monoisotopic (exact) mass is 427 g/mol. The standard InChI is InChI=1S/C23H29N3O3S/c1-4-6-18(10-14-29-3)20-15-19-7-11-24-17-22(19)23(16-20)25-21-8-12-26(13-9-21)30(27,28)5-2/h4,6-7,10-11,14-17,21,25H,1,5,8-9,12-13H2,2-3H3/b14-10+,18-6+. The minimum absolute atomic E-state index is 0.150. The van der Waals surface area contributed by atoms with Crippen LogP contribution in [0.1, 0.15) is 25.3 Å². The number of benzene rings is 1. The van der Waals surface area contributed by atoms with Crippen molar-refractivity contribution in [2.24, 2.45) is 0 Å². The number of sulfonamides is 1. The van der Waals surface area contributed by atoms with E-state index in [1.54, 1.807) is 36.9 Å². The predicted molar refractivity (Wildman–Crippen MR) is 124 cm³/mol. The topological polar surface area (TPSA) is 71.5 Å². The fraction of sp³-hybridized carbons (Fsp3) is 0.348. The second-order valence-corrected chi connectivity index (χ2v) is 9.49. The zero-order valence-corrected chi connectivity index (χ0v) is 18.4. The van der Waals surface area contributed by atoms with Gasteiger partial charge in [0.2, 0.25) is 10.0 Å². The highest BCUT2D eigenvalue weighted by atomic mass is 32.2. The molecule has 0 atom stereocenters. The summed E-state index contributed by atoms with van der Waals surface area (Å²) in [5.41, 5.74) is 3.01. The molecule has 0 aliphatic carbocycles. The Morgan fingerprint density at radius 1 is 1.37 bits per heavy atom. The third kappa shape index (κ3) is 5.09. The number of hydrogen-bond donors (Lipinski definition) is 1. The highest BCUT2D eigenvalue weighted by Crippen LogP contribution is 2.31. The fourth-order valence-electron chi connectivity index (χ4n) is 3.68. The number of ether oxygens (including phenoxy) is 1. The van der Waals surface area contributed by atoms with Crippen molar-refractivity contribution in [2.45, 2.75) is 25.8 Å². The van der Waals surface area contributed by atoms with Gasteiger partial charge in [0.1, 0.15) is 0 Å². The van der Waals surface area contributed by atoms with E-state index in [1.807, 2.05) is 24.4 Å². The summed E-state index contributed by atoms with van der Waals surface area (Å²) in [6.07, 6.45) is 12.4. The number of nitrogens with zero attached hydrogens (tertiary/aromatic N) is 2. The summed E-state index contributed by atoms with van der Waals surface area (Å²) in [5, 5.41) is 5.76. The van der Waals surface area contributed by atoms with E-state index in [9.17, 15) is 8.42 Å². The van der Waals surface area contributed by atoms with Gasteiger partial charge in [-0.05, 0) is 60.6 Å². The molecule has 1 aliphatic rings. The maximum atomic E-state index is 12.1. The molecule has 1 aromatic carbocycles. The molecule has 1 N–H and O–H groups in total. The summed E-state index contributed by atoms with van der Waals surface area (Å²) in [7, 11) is -1.51. The lowest BCUT2D eigenvalue weighted by Gasteiger charge is -2.32. The molecule has 1 aliphatic heterocycles. The van der Waals surface area contributed by atoms with Crippen molar-refractivity contribution in [1.29, 1.82) is 0 Å². The number of piperidine rings is 1. The van der Waals surface area contributed by atoms with Crippen LogP contribution in [0.4, 0.5) is 5.69 Å². The molecule has 0 spiro atoms. The molecule has 1 aromatic heterocycles. The van der Waals surface area contributed by atoms with E-state index < -0.39 is 10.0 Å². The van der Waals surface area contributed by atoms with E-state index in [-0.39, 0.29) is 11.8 Å². The molecule has 30 heavy (non-hydrogen) atoms. The first-order valence-electron chi connectivity index (χ1n) is 10.1. The molecule has 160 valence electrons. The summed E-state index contributed by atoms with van der Waals surface area (Å²) >= 11 is 0. The van der Waals surface area contributed by atoms with E-state index >= 15 is 0 Å². The minimum Gasteiger partial charge on any atom is -0.504 e. The van der Waals surface area contributed by atoms with Crippen molar-refractivity contribution in [3.63, 3.8) is 0 Å². The van der Waals surface area contributed by atoms with Gasteiger partial charge in [-0.1, -0.05) is 18.7 Å². The first kappa shape index (κ1) is 22.1. The van der Waals surface area contributed by atoms with Crippen molar-refractivity contribution in [3.8, 4) is 0 Å².